The zero-order valence-corrected chi connectivity index (χ0v) is 12.1. The maximum absolute atomic E-state index is 10.2. The van der Waals surface area contributed by atoms with Crippen LogP contribution in [-0.2, 0) is 0 Å². The largest absolute Gasteiger partial charge is 0.478 e. The number of carboxylic acids is 1. The van der Waals surface area contributed by atoms with Crippen LogP contribution in [0, 0.1) is 0 Å². The molecule has 1 aromatic carbocycles. The molecule has 1 aliphatic carbocycles. The van der Waals surface area contributed by atoms with Crippen molar-refractivity contribution in [3.63, 3.8) is 0 Å². The number of carbonyl (C=O) groups is 1. The van der Waals surface area contributed by atoms with Crippen LogP contribution in [0.3, 0.4) is 0 Å². The van der Waals surface area contributed by atoms with Gasteiger partial charge in [-0.05, 0) is 31.4 Å². The third-order valence-corrected chi connectivity index (χ3v) is 3.62. The molecule has 2 N–H and O–H groups in total. The summed E-state index contributed by atoms with van der Waals surface area (Å²) >= 11 is 5.97. The lowest BCUT2D eigenvalue weighted by atomic mass is 9.99. The summed E-state index contributed by atoms with van der Waals surface area (Å²) in [4.78, 5) is 10.2. The van der Waals surface area contributed by atoms with Gasteiger partial charge in [0.25, 0.3) is 0 Å². The highest BCUT2D eigenvalue weighted by Crippen LogP contribution is 2.19. The van der Waals surface area contributed by atoms with E-state index in [1.165, 1.54) is 12.8 Å². The number of hydrogen-bond donors (Lipinski definition) is 2. The average Bonchev–Trinajstić information content (AvgIpc) is 2.45. The van der Waals surface area contributed by atoms with Crippen molar-refractivity contribution in [3.8, 4) is 0 Å². The van der Waals surface area contributed by atoms with Crippen molar-refractivity contribution in [2.45, 2.75) is 43.9 Å². The van der Waals surface area contributed by atoms with Gasteiger partial charge in [0, 0.05) is 0 Å². The van der Waals surface area contributed by atoms with Gasteiger partial charge in [0.15, 0.2) is 0 Å². The van der Waals surface area contributed by atoms with E-state index in [2.05, 4.69) is 5.16 Å². The van der Waals surface area contributed by atoms with Gasteiger partial charge in [-0.25, -0.2) is 4.79 Å². The van der Waals surface area contributed by atoms with E-state index < -0.39 is 5.97 Å². The van der Waals surface area contributed by atoms with Crippen LogP contribution in [0.15, 0.2) is 35.5 Å². The summed E-state index contributed by atoms with van der Waals surface area (Å²) in [6.07, 6.45) is 6.60. The molecule has 0 saturated heterocycles. The van der Waals surface area contributed by atoms with Gasteiger partial charge in [0.05, 0.1) is 16.7 Å². The minimum Gasteiger partial charge on any atom is -0.478 e. The fourth-order valence-corrected chi connectivity index (χ4v) is 2.31. The predicted octanol–water partition coefficient (Wildman–Crippen LogP) is 4.16. The number of rotatable bonds is 1. The van der Waals surface area contributed by atoms with E-state index in [0.29, 0.717) is 5.56 Å². The van der Waals surface area contributed by atoms with Crippen LogP contribution in [0.4, 0.5) is 0 Å². The molecule has 110 valence electrons. The summed E-state index contributed by atoms with van der Waals surface area (Å²) < 4.78 is 0. The van der Waals surface area contributed by atoms with Gasteiger partial charge >= 0.3 is 5.97 Å². The molecule has 0 amide bonds. The van der Waals surface area contributed by atoms with Gasteiger partial charge in [-0.2, -0.15) is 0 Å². The van der Waals surface area contributed by atoms with Gasteiger partial charge in [-0.1, -0.05) is 42.6 Å². The molecule has 1 fully saturated rings. The Labute approximate surface area is 124 Å². The van der Waals surface area contributed by atoms with Crippen molar-refractivity contribution in [1.29, 1.82) is 0 Å². The SMILES string of the molecule is O/N=C1\CCCCCCC1Cl.O=C(O)c1ccccc1. The zero-order valence-electron chi connectivity index (χ0n) is 11.3. The molecular formula is C15H20ClNO3. The number of alkyl halides is 1. The highest BCUT2D eigenvalue weighted by molar-refractivity contribution is 6.32. The first-order valence-corrected chi connectivity index (χ1v) is 7.22. The van der Waals surface area contributed by atoms with Crippen LogP contribution in [0.1, 0.15) is 48.9 Å². The molecule has 20 heavy (non-hydrogen) atoms. The van der Waals surface area contributed by atoms with E-state index in [9.17, 15) is 4.79 Å². The Hall–Kier alpha value is -1.55. The predicted molar refractivity (Wildman–Crippen MR) is 80.0 cm³/mol. The summed E-state index contributed by atoms with van der Waals surface area (Å²) in [5.41, 5.74) is 1.10. The number of benzene rings is 1. The van der Waals surface area contributed by atoms with E-state index >= 15 is 0 Å². The first kappa shape index (κ1) is 16.5. The maximum Gasteiger partial charge on any atom is 0.335 e. The molecular weight excluding hydrogens is 278 g/mol. The van der Waals surface area contributed by atoms with Crippen LogP contribution in [-0.4, -0.2) is 27.4 Å². The van der Waals surface area contributed by atoms with Gasteiger partial charge in [-0.15, -0.1) is 11.6 Å². The zero-order chi connectivity index (χ0) is 14.8. The number of halogens is 1. The Balaban J connectivity index is 0.000000204. The molecule has 1 unspecified atom stereocenters. The van der Waals surface area contributed by atoms with E-state index in [4.69, 9.17) is 21.9 Å². The molecule has 1 aromatic rings. The van der Waals surface area contributed by atoms with Crippen LogP contribution in [0.25, 0.3) is 0 Å². The second-order valence-corrected chi connectivity index (χ2v) is 5.21. The smallest absolute Gasteiger partial charge is 0.335 e. The normalized spacial score (nSPS) is 21.2. The highest BCUT2D eigenvalue weighted by Gasteiger charge is 2.15. The van der Waals surface area contributed by atoms with Crippen molar-refractivity contribution >= 4 is 23.3 Å². The standard InChI is InChI=1S/C8H14ClNO.C7H6O2/c9-7-5-3-1-2-4-6-8(7)10-11;8-7(9)6-4-2-1-3-5-6/h7,11H,1-6H2;1-5H,(H,8,9)/b10-8+;. The van der Waals surface area contributed by atoms with Crippen molar-refractivity contribution in [3.05, 3.63) is 35.9 Å². The van der Waals surface area contributed by atoms with Crippen LogP contribution < -0.4 is 0 Å². The molecule has 4 nitrogen and oxygen atoms in total. The monoisotopic (exact) mass is 297 g/mol. The number of nitrogens with zero attached hydrogens (tertiary/aromatic N) is 1. The van der Waals surface area contributed by atoms with E-state index in [1.54, 1.807) is 30.3 Å². The Kier molecular flexibility index (Phi) is 7.73. The first-order valence-electron chi connectivity index (χ1n) is 6.78. The summed E-state index contributed by atoms with van der Waals surface area (Å²) in [7, 11) is 0. The highest BCUT2D eigenvalue weighted by atomic mass is 35.5. The lowest BCUT2D eigenvalue weighted by molar-refractivity contribution is 0.0697. The minimum absolute atomic E-state index is 0.0275. The fraction of sp³-hybridized carbons (Fsp3) is 0.467. The Morgan fingerprint density at radius 2 is 1.80 bits per heavy atom. The summed E-state index contributed by atoms with van der Waals surface area (Å²) in [5.74, 6) is -0.879. The molecule has 0 aromatic heterocycles. The quantitative estimate of drug-likeness (QED) is 0.464. The molecule has 0 aliphatic heterocycles. The fourth-order valence-electron chi connectivity index (χ4n) is 2.00. The molecule has 1 saturated carbocycles. The maximum atomic E-state index is 10.2. The topological polar surface area (TPSA) is 69.9 Å². The summed E-state index contributed by atoms with van der Waals surface area (Å²) in [6, 6.07) is 8.30. The van der Waals surface area contributed by atoms with Crippen molar-refractivity contribution in [2.75, 3.05) is 0 Å². The number of oxime groups is 1. The second-order valence-electron chi connectivity index (χ2n) is 4.68. The number of aromatic carboxylic acids is 1. The Bertz CT molecular complexity index is 434. The Morgan fingerprint density at radius 1 is 1.15 bits per heavy atom. The molecule has 1 atom stereocenters. The van der Waals surface area contributed by atoms with Crippen molar-refractivity contribution in [1.82, 2.24) is 0 Å². The van der Waals surface area contributed by atoms with Crippen molar-refractivity contribution in [2.24, 2.45) is 5.16 Å². The van der Waals surface area contributed by atoms with E-state index in [0.717, 1.165) is 31.4 Å². The van der Waals surface area contributed by atoms with Crippen LogP contribution in [0.5, 0.6) is 0 Å². The van der Waals surface area contributed by atoms with Crippen LogP contribution >= 0.6 is 11.6 Å². The third kappa shape index (κ3) is 6.06. The average molecular weight is 298 g/mol. The first-order chi connectivity index (χ1) is 9.65. The van der Waals surface area contributed by atoms with Gasteiger partial charge in [0.1, 0.15) is 0 Å². The van der Waals surface area contributed by atoms with Gasteiger partial charge in [-0.3, -0.25) is 0 Å². The molecule has 0 radical (unpaired) electrons. The molecule has 5 heteroatoms. The van der Waals surface area contributed by atoms with E-state index in [1.807, 2.05) is 0 Å². The molecule has 0 bridgehead atoms. The number of carboxylic acid groups (broad SMARTS) is 1. The minimum atomic E-state index is -0.879. The summed E-state index contributed by atoms with van der Waals surface area (Å²) in [5, 5.41) is 20.2. The molecule has 2 rings (SSSR count). The molecule has 1 aliphatic rings. The van der Waals surface area contributed by atoms with Gasteiger partial charge in [0.2, 0.25) is 0 Å². The summed E-state index contributed by atoms with van der Waals surface area (Å²) in [6.45, 7) is 0. The third-order valence-electron chi connectivity index (χ3n) is 3.15. The second kappa shape index (κ2) is 9.37. The van der Waals surface area contributed by atoms with Crippen molar-refractivity contribution < 1.29 is 15.1 Å². The Morgan fingerprint density at radius 3 is 2.35 bits per heavy atom. The lowest BCUT2D eigenvalue weighted by Gasteiger charge is -2.14. The lowest BCUT2D eigenvalue weighted by Crippen LogP contribution is -2.16. The van der Waals surface area contributed by atoms with E-state index in [-0.39, 0.29) is 5.38 Å². The molecule has 0 heterocycles. The van der Waals surface area contributed by atoms with Crippen LogP contribution in [0.2, 0.25) is 0 Å². The number of hydrogen-bond acceptors (Lipinski definition) is 3. The van der Waals surface area contributed by atoms with Gasteiger partial charge < -0.3 is 10.3 Å². The molecule has 0 spiro atoms.